The first-order chi connectivity index (χ1) is 7.22. The van der Waals surface area contributed by atoms with Crippen LogP contribution in [0.1, 0.15) is 56.2 Å². The summed E-state index contributed by atoms with van der Waals surface area (Å²) in [6, 6.07) is 3.80. The molecule has 1 aromatic rings. The third-order valence-electron chi connectivity index (χ3n) is 2.75. The van der Waals surface area contributed by atoms with E-state index >= 15 is 0 Å². The lowest BCUT2D eigenvalue weighted by molar-refractivity contribution is 0.607. The highest BCUT2D eigenvalue weighted by Gasteiger charge is 2.26. The Morgan fingerprint density at radius 3 is 2.33 bits per heavy atom. The largest absolute Gasteiger partial charge is 0.207 e. The van der Waals surface area contributed by atoms with Gasteiger partial charge in [-0.3, -0.25) is 0 Å². The van der Waals surface area contributed by atoms with E-state index in [0.29, 0.717) is 5.92 Å². The Balaban J connectivity index is 0.000000531. The summed E-state index contributed by atoms with van der Waals surface area (Å²) in [6.45, 7) is 7.99. The zero-order valence-corrected chi connectivity index (χ0v) is 10.2. The molecule has 0 unspecified atom stereocenters. The second-order valence-electron chi connectivity index (χ2n) is 3.94. The van der Waals surface area contributed by atoms with Crippen LogP contribution in [-0.4, -0.2) is 0 Å². The Labute approximate surface area is 92.5 Å². The lowest BCUT2D eigenvalue weighted by Crippen LogP contribution is -1.96. The van der Waals surface area contributed by atoms with Crippen LogP contribution in [0.15, 0.2) is 12.1 Å². The first-order valence-electron chi connectivity index (χ1n) is 6.01. The molecule has 1 saturated carbocycles. The van der Waals surface area contributed by atoms with Crippen LogP contribution >= 0.6 is 0 Å². The number of benzene rings is 1. The van der Waals surface area contributed by atoms with Gasteiger partial charge in [0.25, 0.3) is 0 Å². The van der Waals surface area contributed by atoms with Crippen molar-refractivity contribution in [2.75, 3.05) is 0 Å². The Bertz CT molecular complexity index is 324. The fourth-order valence-corrected chi connectivity index (χ4v) is 1.93. The minimum absolute atomic E-state index is 0.00981. The molecular weight excluding hydrogens is 187 g/mol. The first kappa shape index (κ1) is 12.2. The van der Waals surface area contributed by atoms with Gasteiger partial charge in [-0.1, -0.05) is 26.8 Å². The SMILES string of the molecule is CC.CCc1c(F)cc(C)cc1C1CC1. The van der Waals surface area contributed by atoms with Gasteiger partial charge in [-0.2, -0.15) is 0 Å². The summed E-state index contributed by atoms with van der Waals surface area (Å²) in [6.07, 6.45) is 3.31. The predicted molar refractivity (Wildman–Crippen MR) is 63.8 cm³/mol. The molecule has 0 heterocycles. The van der Waals surface area contributed by atoms with Gasteiger partial charge >= 0.3 is 0 Å². The van der Waals surface area contributed by atoms with E-state index in [4.69, 9.17) is 0 Å². The third-order valence-corrected chi connectivity index (χ3v) is 2.75. The highest BCUT2D eigenvalue weighted by atomic mass is 19.1. The topological polar surface area (TPSA) is 0 Å². The summed E-state index contributed by atoms with van der Waals surface area (Å²) in [5.41, 5.74) is 3.25. The maximum Gasteiger partial charge on any atom is 0.126 e. The average molecular weight is 208 g/mol. The monoisotopic (exact) mass is 208 g/mol. The van der Waals surface area contributed by atoms with Gasteiger partial charge in [-0.25, -0.2) is 4.39 Å². The van der Waals surface area contributed by atoms with Crippen LogP contribution in [0.4, 0.5) is 4.39 Å². The van der Waals surface area contributed by atoms with Gasteiger partial charge in [0.05, 0.1) is 0 Å². The molecule has 84 valence electrons. The van der Waals surface area contributed by atoms with Crippen LogP contribution in [0.5, 0.6) is 0 Å². The Kier molecular flexibility index (Phi) is 4.31. The minimum Gasteiger partial charge on any atom is -0.207 e. The number of hydrogen-bond acceptors (Lipinski definition) is 0. The molecule has 0 spiro atoms. The van der Waals surface area contributed by atoms with Crippen LogP contribution in [0.25, 0.3) is 0 Å². The van der Waals surface area contributed by atoms with Crippen LogP contribution in [0.3, 0.4) is 0 Å². The second-order valence-corrected chi connectivity index (χ2v) is 3.94. The van der Waals surface area contributed by atoms with E-state index in [1.165, 1.54) is 18.4 Å². The molecule has 0 nitrogen and oxygen atoms in total. The lowest BCUT2D eigenvalue weighted by Gasteiger charge is -2.09. The number of aryl methyl sites for hydroxylation is 1. The van der Waals surface area contributed by atoms with E-state index < -0.39 is 0 Å². The molecule has 0 aliphatic heterocycles. The van der Waals surface area contributed by atoms with Gasteiger partial charge in [-0.15, -0.1) is 0 Å². The maximum absolute atomic E-state index is 13.5. The van der Waals surface area contributed by atoms with E-state index in [2.05, 4.69) is 6.07 Å². The van der Waals surface area contributed by atoms with Crippen molar-refractivity contribution in [1.82, 2.24) is 0 Å². The summed E-state index contributed by atoms with van der Waals surface area (Å²) >= 11 is 0. The fraction of sp³-hybridized carbons (Fsp3) is 0.571. The number of hydrogen-bond donors (Lipinski definition) is 0. The van der Waals surface area contributed by atoms with Crippen molar-refractivity contribution >= 4 is 0 Å². The molecule has 1 aliphatic carbocycles. The van der Waals surface area contributed by atoms with E-state index in [1.54, 1.807) is 6.07 Å². The standard InChI is InChI=1S/C12H15F.C2H6/c1-3-10-11(9-4-5-9)6-8(2)7-12(10)13;1-2/h6-7,9H,3-5H2,1-2H3;1-2H3. The fourth-order valence-electron chi connectivity index (χ4n) is 1.93. The number of halogens is 1. The summed E-state index contributed by atoms with van der Waals surface area (Å²) < 4.78 is 13.5. The Morgan fingerprint density at radius 1 is 1.27 bits per heavy atom. The summed E-state index contributed by atoms with van der Waals surface area (Å²) in [7, 11) is 0. The normalized spacial score (nSPS) is 14.5. The molecule has 1 fully saturated rings. The average Bonchev–Trinajstić information content (AvgIpc) is 3.03. The Morgan fingerprint density at radius 2 is 1.87 bits per heavy atom. The smallest absolute Gasteiger partial charge is 0.126 e. The van der Waals surface area contributed by atoms with Crippen molar-refractivity contribution in [3.05, 3.63) is 34.6 Å². The van der Waals surface area contributed by atoms with Crippen LogP contribution in [0, 0.1) is 12.7 Å². The number of rotatable bonds is 2. The Hall–Kier alpha value is -0.850. The van der Waals surface area contributed by atoms with E-state index in [1.807, 2.05) is 27.7 Å². The molecule has 1 heteroatoms. The molecule has 0 N–H and O–H groups in total. The maximum atomic E-state index is 13.5. The van der Waals surface area contributed by atoms with Crippen molar-refractivity contribution < 1.29 is 4.39 Å². The van der Waals surface area contributed by atoms with E-state index in [0.717, 1.165) is 17.5 Å². The van der Waals surface area contributed by atoms with Crippen molar-refractivity contribution in [1.29, 1.82) is 0 Å². The van der Waals surface area contributed by atoms with Gasteiger partial charge in [0.2, 0.25) is 0 Å². The summed E-state index contributed by atoms with van der Waals surface area (Å²) in [5.74, 6) is 0.647. The molecule has 1 aliphatic rings. The third kappa shape index (κ3) is 2.80. The van der Waals surface area contributed by atoms with E-state index in [9.17, 15) is 4.39 Å². The molecule has 0 bridgehead atoms. The molecule has 0 saturated heterocycles. The molecule has 1 aromatic carbocycles. The molecular formula is C14H21F. The van der Waals surface area contributed by atoms with Crippen molar-refractivity contribution in [2.45, 2.75) is 52.9 Å². The molecule has 0 aromatic heterocycles. The first-order valence-corrected chi connectivity index (χ1v) is 6.01. The molecule has 15 heavy (non-hydrogen) atoms. The highest BCUT2D eigenvalue weighted by Crippen LogP contribution is 2.42. The molecule has 2 rings (SSSR count). The van der Waals surface area contributed by atoms with Gasteiger partial charge in [0, 0.05) is 0 Å². The van der Waals surface area contributed by atoms with Crippen LogP contribution in [0.2, 0.25) is 0 Å². The highest BCUT2D eigenvalue weighted by molar-refractivity contribution is 5.37. The molecule has 0 radical (unpaired) electrons. The van der Waals surface area contributed by atoms with Crippen molar-refractivity contribution in [3.8, 4) is 0 Å². The van der Waals surface area contributed by atoms with Crippen LogP contribution in [-0.2, 0) is 6.42 Å². The summed E-state index contributed by atoms with van der Waals surface area (Å²) in [4.78, 5) is 0. The molecule has 0 amide bonds. The summed E-state index contributed by atoms with van der Waals surface area (Å²) in [5, 5.41) is 0. The lowest BCUT2D eigenvalue weighted by atomic mass is 9.98. The van der Waals surface area contributed by atoms with Crippen molar-refractivity contribution in [3.63, 3.8) is 0 Å². The zero-order valence-electron chi connectivity index (χ0n) is 10.2. The van der Waals surface area contributed by atoms with Crippen molar-refractivity contribution in [2.24, 2.45) is 0 Å². The van der Waals surface area contributed by atoms with Gasteiger partial charge in [0.1, 0.15) is 5.82 Å². The minimum atomic E-state index is -0.00981. The predicted octanol–water partition coefficient (Wildman–Crippen LogP) is 4.60. The molecule has 0 atom stereocenters. The zero-order chi connectivity index (χ0) is 11.4. The van der Waals surface area contributed by atoms with Gasteiger partial charge in [-0.05, 0) is 54.9 Å². The van der Waals surface area contributed by atoms with E-state index in [-0.39, 0.29) is 5.82 Å². The quantitative estimate of drug-likeness (QED) is 0.666. The van der Waals surface area contributed by atoms with Gasteiger partial charge in [0.15, 0.2) is 0 Å². The van der Waals surface area contributed by atoms with Gasteiger partial charge < -0.3 is 0 Å². The second kappa shape index (κ2) is 5.29. The van der Waals surface area contributed by atoms with Crippen LogP contribution < -0.4 is 0 Å².